The lowest BCUT2D eigenvalue weighted by Gasteiger charge is -2.07. The maximum Gasteiger partial charge on any atom is 0.195 e. The van der Waals surface area contributed by atoms with Crippen LogP contribution >= 0.6 is 12.2 Å². The van der Waals surface area contributed by atoms with E-state index < -0.39 is 11.6 Å². The minimum Gasteiger partial charge on any atom is -0.383 e. The molecule has 96 valence electrons. The number of aromatic nitrogens is 3. The highest BCUT2D eigenvalue weighted by Crippen LogP contribution is 2.24. The molecule has 0 amide bonds. The number of hydrogen-bond acceptors (Lipinski definition) is 3. The SMILES string of the molecule is COCCn1c(-c2c(F)cccc2F)n[nH]c1=S. The van der Waals surface area contributed by atoms with Crippen LogP contribution in [-0.4, -0.2) is 28.5 Å². The van der Waals surface area contributed by atoms with Crippen LogP contribution in [0.1, 0.15) is 0 Å². The molecule has 0 radical (unpaired) electrons. The minimum atomic E-state index is -0.678. The van der Waals surface area contributed by atoms with Crippen molar-refractivity contribution in [3.05, 3.63) is 34.6 Å². The molecule has 0 saturated heterocycles. The van der Waals surface area contributed by atoms with Gasteiger partial charge in [-0.05, 0) is 24.4 Å². The number of rotatable bonds is 4. The molecule has 1 aromatic heterocycles. The first-order chi connectivity index (χ1) is 8.65. The Morgan fingerprint density at radius 1 is 1.39 bits per heavy atom. The summed E-state index contributed by atoms with van der Waals surface area (Å²) in [5.41, 5.74) is -0.194. The summed E-state index contributed by atoms with van der Waals surface area (Å²) in [7, 11) is 1.53. The smallest absolute Gasteiger partial charge is 0.195 e. The van der Waals surface area contributed by atoms with Crippen LogP contribution in [0.3, 0.4) is 0 Å². The van der Waals surface area contributed by atoms with Crippen LogP contribution in [-0.2, 0) is 11.3 Å². The molecule has 0 fully saturated rings. The van der Waals surface area contributed by atoms with Crippen LogP contribution < -0.4 is 0 Å². The Balaban J connectivity index is 2.54. The van der Waals surface area contributed by atoms with Gasteiger partial charge < -0.3 is 4.74 Å². The Hall–Kier alpha value is -1.60. The summed E-state index contributed by atoms with van der Waals surface area (Å²) >= 11 is 5.02. The highest BCUT2D eigenvalue weighted by molar-refractivity contribution is 7.71. The molecule has 1 heterocycles. The summed E-state index contributed by atoms with van der Waals surface area (Å²) in [4.78, 5) is 0. The third-order valence-corrected chi connectivity index (χ3v) is 2.78. The third kappa shape index (κ3) is 2.32. The van der Waals surface area contributed by atoms with Gasteiger partial charge in [0.15, 0.2) is 10.6 Å². The van der Waals surface area contributed by atoms with Crippen LogP contribution in [0.25, 0.3) is 11.4 Å². The van der Waals surface area contributed by atoms with E-state index in [1.807, 2.05) is 0 Å². The van der Waals surface area contributed by atoms with E-state index in [2.05, 4.69) is 10.2 Å². The predicted molar refractivity (Wildman–Crippen MR) is 64.6 cm³/mol. The van der Waals surface area contributed by atoms with Crippen LogP contribution in [0.4, 0.5) is 8.78 Å². The van der Waals surface area contributed by atoms with Gasteiger partial charge in [-0.3, -0.25) is 9.67 Å². The van der Waals surface area contributed by atoms with Gasteiger partial charge in [-0.1, -0.05) is 6.07 Å². The van der Waals surface area contributed by atoms with Gasteiger partial charge in [-0.2, -0.15) is 5.10 Å². The summed E-state index contributed by atoms with van der Waals surface area (Å²) in [5, 5.41) is 6.40. The van der Waals surface area contributed by atoms with Crippen molar-refractivity contribution in [1.29, 1.82) is 0 Å². The quantitative estimate of drug-likeness (QED) is 0.869. The topological polar surface area (TPSA) is 42.8 Å². The van der Waals surface area contributed by atoms with E-state index >= 15 is 0 Å². The fourth-order valence-electron chi connectivity index (χ4n) is 1.61. The van der Waals surface area contributed by atoms with Gasteiger partial charge >= 0.3 is 0 Å². The molecule has 0 aliphatic rings. The maximum atomic E-state index is 13.7. The molecule has 2 rings (SSSR count). The zero-order valence-corrected chi connectivity index (χ0v) is 10.4. The van der Waals surface area contributed by atoms with Crippen LogP contribution in [0.2, 0.25) is 0 Å². The predicted octanol–water partition coefficient (Wildman–Crippen LogP) is 2.53. The Morgan fingerprint density at radius 2 is 2.06 bits per heavy atom. The van der Waals surface area contributed by atoms with E-state index in [0.29, 0.717) is 17.9 Å². The number of aromatic amines is 1. The molecule has 0 atom stereocenters. The fourth-order valence-corrected chi connectivity index (χ4v) is 1.83. The van der Waals surface area contributed by atoms with Crippen LogP contribution in [0.5, 0.6) is 0 Å². The Bertz CT molecular complexity index is 588. The molecule has 4 nitrogen and oxygen atoms in total. The molecule has 0 unspecified atom stereocenters. The van der Waals surface area contributed by atoms with Crippen molar-refractivity contribution >= 4 is 12.2 Å². The lowest BCUT2D eigenvalue weighted by Crippen LogP contribution is -2.07. The summed E-state index contributed by atoms with van der Waals surface area (Å²) in [6.45, 7) is 0.742. The number of H-pyrrole nitrogens is 1. The number of hydrogen-bond donors (Lipinski definition) is 1. The number of methoxy groups -OCH3 is 1. The first-order valence-corrected chi connectivity index (χ1v) is 5.64. The van der Waals surface area contributed by atoms with Crippen molar-refractivity contribution in [3.63, 3.8) is 0 Å². The molecule has 0 spiro atoms. The molecule has 0 saturated carbocycles. The summed E-state index contributed by atoms with van der Waals surface area (Å²) in [6, 6.07) is 3.66. The molecule has 1 aromatic carbocycles. The van der Waals surface area contributed by atoms with E-state index in [0.717, 1.165) is 0 Å². The van der Waals surface area contributed by atoms with Gasteiger partial charge in [0.2, 0.25) is 0 Å². The summed E-state index contributed by atoms with van der Waals surface area (Å²) < 4.78 is 34.1. The second kappa shape index (κ2) is 5.36. The van der Waals surface area contributed by atoms with Gasteiger partial charge in [-0.15, -0.1) is 0 Å². The van der Waals surface area contributed by atoms with Gasteiger partial charge in [-0.25, -0.2) is 8.78 Å². The monoisotopic (exact) mass is 271 g/mol. The molecular formula is C11H11F2N3OS. The van der Waals surface area contributed by atoms with E-state index in [1.165, 1.54) is 29.9 Å². The first-order valence-electron chi connectivity index (χ1n) is 5.23. The van der Waals surface area contributed by atoms with Crippen molar-refractivity contribution in [1.82, 2.24) is 14.8 Å². The number of nitrogens with zero attached hydrogens (tertiary/aromatic N) is 2. The fraction of sp³-hybridized carbons (Fsp3) is 0.273. The van der Waals surface area contributed by atoms with Crippen molar-refractivity contribution in [2.24, 2.45) is 0 Å². The first kappa shape index (κ1) is 12.8. The molecule has 1 N–H and O–H groups in total. The standard InChI is InChI=1S/C11H11F2N3OS/c1-17-6-5-16-10(14-15-11(16)18)9-7(12)3-2-4-8(9)13/h2-4H,5-6H2,1H3,(H,15,18). The van der Waals surface area contributed by atoms with E-state index in [9.17, 15) is 8.78 Å². The van der Waals surface area contributed by atoms with Gasteiger partial charge in [0.25, 0.3) is 0 Å². The summed E-state index contributed by atoms with van der Waals surface area (Å²) in [6.07, 6.45) is 0. The largest absolute Gasteiger partial charge is 0.383 e. The second-order valence-electron chi connectivity index (χ2n) is 3.59. The van der Waals surface area contributed by atoms with Gasteiger partial charge in [0.05, 0.1) is 18.7 Å². The minimum absolute atomic E-state index is 0.132. The normalized spacial score (nSPS) is 10.8. The zero-order chi connectivity index (χ0) is 13.1. The summed E-state index contributed by atoms with van der Waals surface area (Å²) in [5.74, 6) is -1.22. The number of halogens is 2. The Kier molecular flexibility index (Phi) is 3.83. The van der Waals surface area contributed by atoms with Crippen molar-refractivity contribution < 1.29 is 13.5 Å². The van der Waals surface area contributed by atoms with Crippen molar-refractivity contribution in [2.75, 3.05) is 13.7 Å². The molecule has 0 aliphatic heterocycles. The van der Waals surface area contributed by atoms with Gasteiger partial charge in [0, 0.05) is 7.11 Å². The average Bonchev–Trinajstić information content (AvgIpc) is 2.68. The Labute approximate surface area is 107 Å². The molecule has 2 aromatic rings. The van der Waals surface area contributed by atoms with Crippen molar-refractivity contribution in [3.8, 4) is 11.4 Å². The second-order valence-corrected chi connectivity index (χ2v) is 3.98. The zero-order valence-electron chi connectivity index (χ0n) is 9.61. The van der Waals surface area contributed by atoms with E-state index in [-0.39, 0.29) is 11.4 Å². The molecule has 7 heteroatoms. The number of nitrogens with one attached hydrogen (secondary N) is 1. The van der Waals surface area contributed by atoms with E-state index in [1.54, 1.807) is 0 Å². The molecule has 18 heavy (non-hydrogen) atoms. The number of ether oxygens (including phenoxy) is 1. The molecule has 0 bridgehead atoms. The highest BCUT2D eigenvalue weighted by Gasteiger charge is 2.17. The molecular weight excluding hydrogens is 260 g/mol. The third-order valence-electron chi connectivity index (χ3n) is 2.46. The lowest BCUT2D eigenvalue weighted by molar-refractivity contribution is 0.187. The highest BCUT2D eigenvalue weighted by atomic mass is 32.1. The van der Waals surface area contributed by atoms with Crippen LogP contribution in [0.15, 0.2) is 18.2 Å². The molecule has 0 aliphatic carbocycles. The lowest BCUT2D eigenvalue weighted by atomic mass is 10.2. The van der Waals surface area contributed by atoms with Crippen molar-refractivity contribution in [2.45, 2.75) is 6.54 Å². The number of benzene rings is 1. The Morgan fingerprint density at radius 3 is 2.67 bits per heavy atom. The van der Waals surface area contributed by atoms with Gasteiger partial charge in [0.1, 0.15) is 11.6 Å². The van der Waals surface area contributed by atoms with Crippen LogP contribution in [0, 0.1) is 16.4 Å². The maximum absolute atomic E-state index is 13.7. The average molecular weight is 271 g/mol. The van der Waals surface area contributed by atoms with E-state index in [4.69, 9.17) is 17.0 Å².